The maximum atomic E-state index is 12.1. The average molecular weight is 330 g/mol. The molecule has 2 aromatic rings. The molecule has 124 valence electrons. The second kappa shape index (κ2) is 6.37. The van der Waals surface area contributed by atoms with Crippen LogP contribution in [0.4, 0.5) is 0 Å². The molecular formula is C16H14N2O6. The molecule has 2 amide bonds. The van der Waals surface area contributed by atoms with E-state index in [0.717, 1.165) is 12.1 Å². The molecule has 0 saturated heterocycles. The first-order valence-electron chi connectivity index (χ1n) is 6.84. The van der Waals surface area contributed by atoms with Crippen LogP contribution in [0.5, 0.6) is 0 Å². The van der Waals surface area contributed by atoms with Gasteiger partial charge in [-0.25, -0.2) is 9.59 Å². The smallest absolute Gasteiger partial charge is 0.336 e. The number of benzene rings is 2. The Balaban J connectivity index is 3.11. The Bertz CT molecular complexity index is 815. The molecule has 4 N–H and O–H groups in total. The zero-order valence-corrected chi connectivity index (χ0v) is 12.8. The highest BCUT2D eigenvalue weighted by molar-refractivity contribution is 6.23. The minimum atomic E-state index is -1.34. The molecule has 0 aliphatic carbocycles. The van der Waals surface area contributed by atoms with E-state index in [-0.39, 0.29) is 33.0 Å². The van der Waals surface area contributed by atoms with Gasteiger partial charge in [0.05, 0.1) is 11.1 Å². The highest BCUT2D eigenvalue weighted by Crippen LogP contribution is 2.30. The molecule has 24 heavy (non-hydrogen) atoms. The Morgan fingerprint density at radius 3 is 1.21 bits per heavy atom. The zero-order valence-electron chi connectivity index (χ0n) is 12.8. The van der Waals surface area contributed by atoms with Crippen molar-refractivity contribution >= 4 is 34.5 Å². The molecule has 0 saturated carbocycles. The van der Waals surface area contributed by atoms with Crippen LogP contribution in [0, 0.1) is 0 Å². The molecule has 8 heteroatoms. The Morgan fingerprint density at radius 1 is 0.667 bits per heavy atom. The summed E-state index contributed by atoms with van der Waals surface area (Å²) in [7, 11) is 2.73. The van der Waals surface area contributed by atoms with Crippen molar-refractivity contribution in [1.82, 2.24) is 10.6 Å². The van der Waals surface area contributed by atoms with Crippen LogP contribution in [0.3, 0.4) is 0 Å². The molecule has 0 spiro atoms. The number of hydrogen-bond acceptors (Lipinski definition) is 4. The minimum absolute atomic E-state index is 0.0272. The van der Waals surface area contributed by atoms with Gasteiger partial charge in [-0.05, 0) is 24.3 Å². The molecule has 8 nitrogen and oxygen atoms in total. The van der Waals surface area contributed by atoms with E-state index in [9.17, 15) is 29.4 Å². The van der Waals surface area contributed by atoms with Gasteiger partial charge in [0.1, 0.15) is 0 Å². The number of carbonyl (C=O) groups excluding carboxylic acids is 2. The highest BCUT2D eigenvalue weighted by Gasteiger charge is 2.24. The average Bonchev–Trinajstić information content (AvgIpc) is 2.57. The molecule has 0 heterocycles. The van der Waals surface area contributed by atoms with Crippen LogP contribution in [0.1, 0.15) is 41.4 Å². The fourth-order valence-electron chi connectivity index (χ4n) is 2.50. The summed E-state index contributed by atoms with van der Waals surface area (Å²) in [6.07, 6.45) is 0. The fourth-order valence-corrected chi connectivity index (χ4v) is 2.50. The van der Waals surface area contributed by atoms with Crippen LogP contribution in [-0.2, 0) is 0 Å². The van der Waals surface area contributed by atoms with Crippen molar-refractivity contribution in [3.05, 3.63) is 46.5 Å². The number of rotatable bonds is 4. The molecular weight excluding hydrogens is 316 g/mol. The summed E-state index contributed by atoms with van der Waals surface area (Å²) >= 11 is 0. The van der Waals surface area contributed by atoms with Crippen molar-refractivity contribution < 1.29 is 29.4 Å². The molecule has 0 unspecified atom stereocenters. The topological polar surface area (TPSA) is 133 Å². The third kappa shape index (κ3) is 2.65. The van der Waals surface area contributed by atoms with Crippen LogP contribution >= 0.6 is 0 Å². The molecule has 0 bridgehead atoms. The molecule has 0 aromatic heterocycles. The SMILES string of the molecule is CNC(=O)c1ccc(C(=O)NC)c2c(C(=O)O)ccc(C(=O)O)c12. The number of hydrogen-bond donors (Lipinski definition) is 4. The second-order valence-corrected chi connectivity index (χ2v) is 4.84. The number of carbonyl (C=O) groups is 4. The Hall–Kier alpha value is -3.42. The van der Waals surface area contributed by atoms with Gasteiger partial charge in [0, 0.05) is 36.0 Å². The van der Waals surface area contributed by atoms with Crippen molar-refractivity contribution in [1.29, 1.82) is 0 Å². The predicted molar refractivity (Wildman–Crippen MR) is 84.6 cm³/mol. The van der Waals surface area contributed by atoms with E-state index in [1.54, 1.807) is 0 Å². The van der Waals surface area contributed by atoms with Crippen molar-refractivity contribution in [3.63, 3.8) is 0 Å². The molecule has 0 radical (unpaired) electrons. The first kappa shape index (κ1) is 16.9. The molecule has 2 rings (SSSR count). The van der Waals surface area contributed by atoms with Gasteiger partial charge >= 0.3 is 11.9 Å². The van der Waals surface area contributed by atoms with Gasteiger partial charge in [0.25, 0.3) is 11.8 Å². The van der Waals surface area contributed by atoms with Crippen molar-refractivity contribution in [2.45, 2.75) is 0 Å². The van der Waals surface area contributed by atoms with Gasteiger partial charge < -0.3 is 20.8 Å². The number of amides is 2. The predicted octanol–water partition coefficient (Wildman–Crippen LogP) is 0.955. The fraction of sp³-hybridized carbons (Fsp3) is 0.125. The maximum Gasteiger partial charge on any atom is 0.336 e. The van der Waals surface area contributed by atoms with Crippen LogP contribution < -0.4 is 10.6 Å². The molecule has 0 atom stereocenters. The number of fused-ring (bicyclic) bond motifs is 1. The van der Waals surface area contributed by atoms with Crippen molar-refractivity contribution in [3.8, 4) is 0 Å². The van der Waals surface area contributed by atoms with E-state index >= 15 is 0 Å². The van der Waals surface area contributed by atoms with Gasteiger partial charge in [0.15, 0.2) is 0 Å². The first-order valence-corrected chi connectivity index (χ1v) is 6.84. The van der Waals surface area contributed by atoms with Crippen LogP contribution in [0.2, 0.25) is 0 Å². The Kier molecular flexibility index (Phi) is 4.50. The number of carboxylic acid groups (broad SMARTS) is 2. The summed E-state index contributed by atoms with van der Waals surface area (Å²) in [6, 6.07) is 4.80. The van der Waals surface area contributed by atoms with Gasteiger partial charge in [-0.1, -0.05) is 0 Å². The number of carboxylic acids is 2. The third-order valence-corrected chi connectivity index (χ3v) is 3.56. The maximum absolute atomic E-state index is 12.1. The lowest BCUT2D eigenvalue weighted by Gasteiger charge is -2.14. The summed E-state index contributed by atoms with van der Waals surface area (Å²) in [5, 5.41) is 23.3. The zero-order chi connectivity index (χ0) is 18.0. The van der Waals surface area contributed by atoms with E-state index in [1.165, 1.54) is 26.2 Å². The number of nitrogens with one attached hydrogen (secondary N) is 2. The Labute approximate surface area is 136 Å². The molecule has 0 fully saturated rings. The summed E-state index contributed by atoms with van der Waals surface area (Å²) in [6.45, 7) is 0. The van der Waals surface area contributed by atoms with Crippen molar-refractivity contribution in [2.75, 3.05) is 14.1 Å². The van der Waals surface area contributed by atoms with Crippen LogP contribution in [0.15, 0.2) is 24.3 Å². The van der Waals surface area contributed by atoms with Crippen LogP contribution in [-0.4, -0.2) is 48.1 Å². The van der Waals surface area contributed by atoms with Crippen molar-refractivity contribution in [2.24, 2.45) is 0 Å². The first-order chi connectivity index (χ1) is 11.3. The van der Waals surface area contributed by atoms with E-state index in [1.807, 2.05) is 0 Å². The highest BCUT2D eigenvalue weighted by atomic mass is 16.4. The standard InChI is InChI=1S/C16H14N2O6/c1-17-13(19)7-3-4-8(14(20)18-2)12-10(16(23)24)6-5-9(11(7)12)15(21)22/h3-6H,1-2H3,(H,17,19)(H,18,20)(H,21,22)(H,23,24). The molecule has 2 aromatic carbocycles. The lowest BCUT2D eigenvalue weighted by Crippen LogP contribution is -2.22. The quantitative estimate of drug-likeness (QED) is 0.660. The molecule has 0 aliphatic rings. The van der Waals surface area contributed by atoms with Crippen LogP contribution in [0.25, 0.3) is 10.8 Å². The summed E-state index contributed by atoms with van der Waals surface area (Å²) < 4.78 is 0. The van der Waals surface area contributed by atoms with E-state index in [4.69, 9.17) is 0 Å². The normalized spacial score (nSPS) is 10.2. The van der Waals surface area contributed by atoms with Gasteiger partial charge in [0.2, 0.25) is 0 Å². The molecule has 0 aliphatic heterocycles. The second-order valence-electron chi connectivity index (χ2n) is 4.84. The summed E-state index contributed by atoms with van der Waals surface area (Å²) in [4.78, 5) is 47.2. The van der Waals surface area contributed by atoms with Gasteiger partial charge in [-0.2, -0.15) is 0 Å². The Morgan fingerprint density at radius 2 is 0.958 bits per heavy atom. The largest absolute Gasteiger partial charge is 0.478 e. The van der Waals surface area contributed by atoms with Gasteiger partial charge in [-0.3, -0.25) is 9.59 Å². The van der Waals surface area contributed by atoms with E-state index in [2.05, 4.69) is 10.6 Å². The lowest BCUT2D eigenvalue weighted by atomic mass is 9.91. The summed E-state index contributed by atoms with van der Waals surface area (Å²) in [5.74, 6) is -3.85. The number of aromatic carboxylic acids is 2. The minimum Gasteiger partial charge on any atom is -0.478 e. The summed E-state index contributed by atoms with van der Waals surface area (Å²) in [5.41, 5.74) is -0.583. The monoisotopic (exact) mass is 330 g/mol. The van der Waals surface area contributed by atoms with E-state index < -0.39 is 23.8 Å². The van der Waals surface area contributed by atoms with Gasteiger partial charge in [-0.15, -0.1) is 0 Å². The third-order valence-electron chi connectivity index (χ3n) is 3.56. The lowest BCUT2D eigenvalue weighted by molar-refractivity contribution is 0.0684. The van der Waals surface area contributed by atoms with E-state index in [0.29, 0.717) is 0 Å².